The molecule has 27 heavy (non-hydrogen) atoms. The zero-order valence-electron chi connectivity index (χ0n) is 16.1. The average molecular weight is 405 g/mol. The highest BCUT2D eigenvalue weighted by Gasteiger charge is 2.27. The van der Waals surface area contributed by atoms with E-state index in [4.69, 9.17) is 4.74 Å². The Balaban J connectivity index is 1.53. The van der Waals surface area contributed by atoms with E-state index in [1.165, 1.54) is 21.0 Å². The van der Waals surface area contributed by atoms with Crippen LogP contribution in [0.3, 0.4) is 0 Å². The third kappa shape index (κ3) is 5.27. The van der Waals surface area contributed by atoms with E-state index >= 15 is 0 Å². The predicted molar refractivity (Wildman–Crippen MR) is 115 cm³/mol. The molecule has 0 bridgehead atoms. The summed E-state index contributed by atoms with van der Waals surface area (Å²) in [4.78, 5) is 14.1. The van der Waals surface area contributed by atoms with Crippen LogP contribution in [0.2, 0.25) is 0 Å². The van der Waals surface area contributed by atoms with Gasteiger partial charge < -0.3 is 14.4 Å². The van der Waals surface area contributed by atoms with Gasteiger partial charge >= 0.3 is 5.97 Å². The van der Waals surface area contributed by atoms with Crippen molar-refractivity contribution in [3.63, 3.8) is 0 Å². The maximum atomic E-state index is 11.4. The second kappa shape index (κ2) is 10.2. The van der Waals surface area contributed by atoms with E-state index in [0.29, 0.717) is 13.0 Å². The molecule has 0 amide bonds. The van der Waals surface area contributed by atoms with Crippen molar-refractivity contribution in [1.29, 1.82) is 0 Å². The van der Waals surface area contributed by atoms with Crippen molar-refractivity contribution in [1.82, 2.24) is 5.32 Å². The standard InChI is InChI=1S/C21H28N2O2S2/c1-3-25-19(24)12-6-4-5-9-14-22-20-16-10-7-8-11-18(16)27-23(2)17-13-15-26-21(17)20/h7-8,10-11,13,15,20,22H,3-6,9,12,14H2,1-2H3. The van der Waals surface area contributed by atoms with Crippen molar-refractivity contribution in [2.75, 3.05) is 24.5 Å². The van der Waals surface area contributed by atoms with Gasteiger partial charge in [-0.3, -0.25) is 4.79 Å². The molecular formula is C21H28N2O2S2. The molecule has 2 heterocycles. The van der Waals surface area contributed by atoms with Crippen molar-refractivity contribution in [3.05, 3.63) is 46.2 Å². The van der Waals surface area contributed by atoms with Gasteiger partial charge in [-0.05, 0) is 61.3 Å². The van der Waals surface area contributed by atoms with E-state index in [-0.39, 0.29) is 12.0 Å². The van der Waals surface area contributed by atoms with Crippen LogP contribution < -0.4 is 9.62 Å². The van der Waals surface area contributed by atoms with Crippen LogP contribution in [0.25, 0.3) is 0 Å². The Kier molecular flexibility index (Phi) is 7.61. The summed E-state index contributed by atoms with van der Waals surface area (Å²) in [5, 5.41) is 5.96. The lowest BCUT2D eigenvalue weighted by atomic mass is 10.0. The Morgan fingerprint density at radius 1 is 1.19 bits per heavy atom. The van der Waals surface area contributed by atoms with Gasteiger partial charge in [0.2, 0.25) is 0 Å². The Hall–Kier alpha value is -1.50. The van der Waals surface area contributed by atoms with Crippen LogP contribution in [0.4, 0.5) is 5.69 Å². The Morgan fingerprint density at radius 3 is 2.85 bits per heavy atom. The molecule has 2 aromatic rings. The third-order valence-electron chi connectivity index (χ3n) is 4.70. The number of esters is 1. The minimum atomic E-state index is -0.0717. The van der Waals surface area contributed by atoms with Crippen LogP contribution in [0, 0.1) is 0 Å². The fraction of sp³-hybridized carbons (Fsp3) is 0.476. The van der Waals surface area contributed by atoms with E-state index in [0.717, 1.165) is 32.2 Å². The maximum absolute atomic E-state index is 11.4. The van der Waals surface area contributed by atoms with Crippen molar-refractivity contribution < 1.29 is 9.53 Å². The van der Waals surface area contributed by atoms with Crippen LogP contribution in [0.15, 0.2) is 40.6 Å². The molecular weight excluding hydrogens is 376 g/mol. The number of hydrogen-bond donors (Lipinski definition) is 1. The fourth-order valence-electron chi connectivity index (χ4n) is 3.36. The molecule has 146 valence electrons. The summed E-state index contributed by atoms with van der Waals surface area (Å²) in [6.07, 6.45) is 4.78. The Labute approximate surface area is 170 Å². The molecule has 1 atom stereocenters. The summed E-state index contributed by atoms with van der Waals surface area (Å²) in [5.41, 5.74) is 2.66. The molecule has 3 rings (SSSR count). The number of hydrogen-bond acceptors (Lipinski definition) is 6. The summed E-state index contributed by atoms with van der Waals surface area (Å²) < 4.78 is 7.24. The monoisotopic (exact) mass is 404 g/mol. The summed E-state index contributed by atoms with van der Waals surface area (Å²) in [7, 11) is 2.14. The van der Waals surface area contributed by atoms with E-state index < -0.39 is 0 Å². The number of anilines is 1. The number of nitrogens with zero attached hydrogens (tertiary/aromatic N) is 1. The lowest BCUT2D eigenvalue weighted by molar-refractivity contribution is -0.143. The minimum Gasteiger partial charge on any atom is -0.466 e. The predicted octanol–water partition coefficient (Wildman–Crippen LogP) is 5.40. The normalized spacial score (nSPS) is 15.8. The number of benzene rings is 1. The molecule has 0 fully saturated rings. The van der Waals surface area contributed by atoms with Crippen molar-refractivity contribution in [2.45, 2.75) is 50.0 Å². The zero-order chi connectivity index (χ0) is 19.1. The number of nitrogens with one attached hydrogen (secondary N) is 1. The van der Waals surface area contributed by atoms with Gasteiger partial charge in [0.1, 0.15) is 0 Å². The van der Waals surface area contributed by atoms with E-state index in [1.807, 2.05) is 18.3 Å². The highest BCUT2D eigenvalue weighted by atomic mass is 32.2. The van der Waals surface area contributed by atoms with Crippen molar-refractivity contribution in [3.8, 4) is 0 Å². The molecule has 0 saturated heterocycles. The fourth-order valence-corrected chi connectivity index (χ4v) is 5.42. The molecule has 0 radical (unpaired) electrons. The number of ether oxygens (including phenoxy) is 1. The molecule has 1 aliphatic rings. The highest BCUT2D eigenvalue weighted by molar-refractivity contribution is 8.00. The minimum absolute atomic E-state index is 0.0717. The SMILES string of the molecule is CCOC(=O)CCCCCCNC1c2ccccc2SN(C)c2ccsc21. The van der Waals surface area contributed by atoms with Crippen molar-refractivity contribution in [2.24, 2.45) is 0 Å². The number of carbonyl (C=O) groups excluding carboxylic acids is 1. The van der Waals surface area contributed by atoms with Gasteiger partial charge in [-0.1, -0.05) is 31.0 Å². The summed E-state index contributed by atoms with van der Waals surface area (Å²) in [6, 6.07) is 11.1. The van der Waals surface area contributed by atoms with Crippen LogP contribution in [-0.2, 0) is 9.53 Å². The van der Waals surface area contributed by atoms with Gasteiger partial charge in [0.15, 0.2) is 0 Å². The van der Waals surface area contributed by atoms with Crippen LogP contribution in [0.1, 0.15) is 55.5 Å². The molecule has 0 aliphatic carbocycles. The molecule has 1 N–H and O–H groups in total. The highest BCUT2D eigenvalue weighted by Crippen LogP contribution is 2.45. The van der Waals surface area contributed by atoms with Crippen LogP contribution >= 0.6 is 23.3 Å². The average Bonchev–Trinajstić information content (AvgIpc) is 3.11. The number of fused-ring (bicyclic) bond motifs is 2. The van der Waals surface area contributed by atoms with Gasteiger partial charge in [-0.25, -0.2) is 0 Å². The first kappa shape index (κ1) is 20.2. The third-order valence-corrected chi connectivity index (χ3v) is 6.71. The molecule has 1 aromatic heterocycles. The Bertz CT molecular complexity index is 747. The number of thiophene rings is 1. The van der Waals surface area contributed by atoms with Gasteiger partial charge in [-0.15, -0.1) is 11.3 Å². The van der Waals surface area contributed by atoms with Gasteiger partial charge in [-0.2, -0.15) is 0 Å². The largest absolute Gasteiger partial charge is 0.466 e. The van der Waals surface area contributed by atoms with Crippen LogP contribution in [0.5, 0.6) is 0 Å². The lowest BCUT2D eigenvalue weighted by Crippen LogP contribution is -2.23. The number of unbranched alkanes of at least 4 members (excludes halogenated alkanes) is 3. The van der Waals surface area contributed by atoms with E-state index in [9.17, 15) is 4.79 Å². The van der Waals surface area contributed by atoms with Crippen LogP contribution in [-0.4, -0.2) is 26.2 Å². The van der Waals surface area contributed by atoms with Crippen molar-refractivity contribution >= 4 is 34.9 Å². The summed E-state index contributed by atoms with van der Waals surface area (Å²) in [5.74, 6) is -0.0717. The van der Waals surface area contributed by atoms with Gasteiger partial charge in [0, 0.05) is 18.4 Å². The zero-order valence-corrected chi connectivity index (χ0v) is 17.7. The number of carbonyl (C=O) groups is 1. The van der Waals surface area contributed by atoms with E-state index in [2.05, 4.69) is 52.4 Å². The summed E-state index contributed by atoms with van der Waals surface area (Å²) >= 11 is 3.62. The first-order valence-corrected chi connectivity index (χ1v) is 11.3. The topological polar surface area (TPSA) is 41.6 Å². The molecule has 4 nitrogen and oxygen atoms in total. The second-order valence-electron chi connectivity index (χ2n) is 6.65. The Morgan fingerprint density at radius 2 is 2.00 bits per heavy atom. The molecule has 1 aromatic carbocycles. The smallest absolute Gasteiger partial charge is 0.305 e. The van der Waals surface area contributed by atoms with Gasteiger partial charge in [0.05, 0.1) is 23.2 Å². The molecule has 1 aliphatic heterocycles. The molecule has 1 unspecified atom stereocenters. The lowest BCUT2D eigenvalue weighted by Gasteiger charge is -2.19. The summed E-state index contributed by atoms with van der Waals surface area (Å²) in [6.45, 7) is 3.30. The first-order valence-electron chi connectivity index (χ1n) is 9.67. The molecule has 0 spiro atoms. The van der Waals surface area contributed by atoms with Gasteiger partial charge in [0.25, 0.3) is 0 Å². The quantitative estimate of drug-likeness (QED) is 0.344. The molecule has 6 heteroatoms. The maximum Gasteiger partial charge on any atom is 0.305 e. The second-order valence-corrected chi connectivity index (χ2v) is 8.77. The first-order chi connectivity index (χ1) is 13.2. The molecule has 0 saturated carbocycles. The van der Waals surface area contributed by atoms with E-state index in [1.54, 1.807) is 11.9 Å². The number of rotatable bonds is 9.